The van der Waals surface area contributed by atoms with Gasteiger partial charge < -0.3 is 89.9 Å². The molecule has 442 valence electrons. The monoisotopic (exact) mass is 1080 g/mol. The fourth-order valence-corrected chi connectivity index (χ4v) is 10.2. The summed E-state index contributed by atoms with van der Waals surface area (Å²) in [5.41, 5.74) is 0. The lowest BCUT2D eigenvalue weighted by molar-refractivity contribution is -0.379. The Labute approximate surface area is 448 Å². The molecule has 1 amide bonds. The molecule has 0 aromatic heterocycles. The van der Waals surface area contributed by atoms with Crippen molar-refractivity contribution < 1.29 is 89.4 Å². The first kappa shape index (κ1) is 67.8. The molecule has 17 unspecified atom stereocenters. The van der Waals surface area contributed by atoms with Gasteiger partial charge in [-0.05, 0) is 19.3 Å². The van der Waals surface area contributed by atoms with Crippen LogP contribution >= 0.6 is 0 Å². The maximum Gasteiger partial charge on any atom is 0.220 e. The van der Waals surface area contributed by atoms with Crippen LogP contribution in [0, 0.1) is 0 Å². The van der Waals surface area contributed by atoms with Crippen LogP contribution in [0.5, 0.6) is 0 Å². The van der Waals surface area contributed by atoms with Crippen LogP contribution in [0.4, 0.5) is 0 Å². The Bertz CT molecular complexity index is 1430. The molecular formula is C56H105NO18. The molecule has 0 aromatic rings. The van der Waals surface area contributed by atoms with E-state index in [0.717, 1.165) is 44.9 Å². The SMILES string of the molecule is CCCCCCCCCCCCC/C=C/C(O)C(COC1OC(CO)C(OC2OC(CO)C(OC3OC(CO)C(O)C(O)C3O)C(O)C2O)C(O)C1O)NC(=O)CCCCCCCCCCCCCCCCCCC. The summed E-state index contributed by atoms with van der Waals surface area (Å²) in [4.78, 5) is 13.3. The molecule has 3 fully saturated rings. The molecule has 75 heavy (non-hydrogen) atoms. The summed E-state index contributed by atoms with van der Waals surface area (Å²) < 4.78 is 34.2. The molecule has 3 aliphatic rings. The third-order valence-corrected chi connectivity index (χ3v) is 15.1. The molecule has 3 heterocycles. The first-order chi connectivity index (χ1) is 36.3. The summed E-state index contributed by atoms with van der Waals surface area (Å²) in [6.45, 7) is 1.72. The fourth-order valence-electron chi connectivity index (χ4n) is 10.2. The average Bonchev–Trinajstić information content (AvgIpc) is 3.41. The zero-order valence-corrected chi connectivity index (χ0v) is 45.8. The minimum atomic E-state index is -1.97. The van der Waals surface area contributed by atoms with Gasteiger partial charge in [-0.15, -0.1) is 0 Å². The number of unbranched alkanes of at least 4 members (excludes halogenated alkanes) is 27. The van der Waals surface area contributed by atoms with Gasteiger partial charge in [0.05, 0.1) is 38.6 Å². The van der Waals surface area contributed by atoms with E-state index < -0.39 is 124 Å². The zero-order chi connectivity index (χ0) is 54.8. The van der Waals surface area contributed by atoms with Gasteiger partial charge in [-0.3, -0.25) is 4.79 Å². The van der Waals surface area contributed by atoms with Crippen LogP contribution in [0.2, 0.25) is 0 Å². The van der Waals surface area contributed by atoms with Crippen molar-refractivity contribution in [3.8, 4) is 0 Å². The van der Waals surface area contributed by atoms with Crippen LogP contribution in [-0.4, -0.2) is 193 Å². The molecule has 0 radical (unpaired) electrons. The normalized spacial score (nSPS) is 31.2. The minimum Gasteiger partial charge on any atom is -0.394 e. The van der Waals surface area contributed by atoms with Crippen LogP contribution in [0.1, 0.15) is 206 Å². The van der Waals surface area contributed by atoms with E-state index >= 15 is 0 Å². The summed E-state index contributed by atoms with van der Waals surface area (Å²) in [6.07, 6.45) is 11.9. The Balaban J connectivity index is 1.51. The van der Waals surface area contributed by atoms with Gasteiger partial charge in [-0.2, -0.15) is 0 Å². The number of allylic oxidation sites excluding steroid dienone is 1. The van der Waals surface area contributed by atoms with E-state index in [-0.39, 0.29) is 18.9 Å². The molecule has 12 N–H and O–H groups in total. The molecular weight excluding hydrogens is 975 g/mol. The van der Waals surface area contributed by atoms with Crippen LogP contribution in [0.25, 0.3) is 0 Å². The Hall–Kier alpha value is -1.47. The Kier molecular flexibility index (Phi) is 36.8. The summed E-state index contributed by atoms with van der Waals surface area (Å²) in [6, 6.07) is -0.966. The van der Waals surface area contributed by atoms with Gasteiger partial charge in [0, 0.05) is 6.42 Å². The van der Waals surface area contributed by atoms with E-state index in [1.807, 2.05) is 6.08 Å². The van der Waals surface area contributed by atoms with E-state index in [9.17, 15) is 61.0 Å². The van der Waals surface area contributed by atoms with Gasteiger partial charge in [0.15, 0.2) is 18.9 Å². The third-order valence-electron chi connectivity index (χ3n) is 15.1. The summed E-state index contributed by atoms with van der Waals surface area (Å²) in [7, 11) is 0. The first-order valence-corrected chi connectivity index (χ1v) is 29.4. The van der Waals surface area contributed by atoms with Gasteiger partial charge in [-0.25, -0.2) is 0 Å². The number of hydrogen-bond acceptors (Lipinski definition) is 18. The molecule has 0 bridgehead atoms. The highest BCUT2D eigenvalue weighted by Crippen LogP contribution is 2.33. The number of nitrogens with one attached hydrogen (secondary N) is 1. The Morgan fingerprint density at radius 3 is 1.25 bits per heavy atom. The number of aliphatic hydroxyl groups excluding tert-OH is 11. The third kappa shape index (κ3) is 25.3. The van der Waals surface area contributed by atoms with Crippen molar-refractivity contribution >= 4 is 5.91 Å². The van der Waals surface area contributed by atoms with E-state index in [4.69, 9.17) is 28.4 Å². The molecule has 19 nitrogen and oxygen atoms in total. The van der Waals surface area contributed by atoms with E-state index in [2.05, 4.69) is 19.2 Å². The average molecular weight is 1080 g/mol. The van der Waals surface area contributed by atoms with Crippen molar-refractivity contribution in [3.05, 3.63) is 12.2 Å². The molecule has 0 spiro atoms. The minimum absolute atomic E-state index is 0.249. The van der Waals surface area contributed by atoms with Crippen molar-refractivity contribution in [3.63, 3.8) is 0 Å². The second-order valence-corrected chi connectivity index (χ2v) is 21.5. The van der Waals surface area contributed by atoms with Crippen LogP contribution < -0.4 is 5.32 Å². The standard InChI is InChI=1S/C56H105NO18/c1-3-5-7-9-11-13-15-17-18-19-20-22-24-26-28-30-32-34-44(62)57-39(40(61)33-31-29-27-25-23-21-16-14-12-10-8-6-4-2)38-70-54-50(68)47(65)52(42(36-59)72-54)75-56-51(69)48(66)53(43(37-60)73-56)74-55-49(67)46(64)45(63)41(35-58)71-55/h31,33,39-43,45-56,58-61,63-69H,3-30,32,34-38H2,1-2H3,(H,57,62)/b33-31+. The number of carbonyl (C=O) groups is 1. The highest BCUT2D eigenvalue weighted by molar-refractivity contribution is 5.76. The highest BCUT2D eigenvalue weighted by atomic mass is 16.8. The number of ether oxygens (including phenoxy) is 6. The second-order valence-electron chi connectivity index (χ2n) is 21.5. The maximum atomic E-state index is 13.3. The van der Waals surface area contributed by atoms with Gasteiger partial charge >= 0.3 is 0 Å². The molecule has 17 atom stereocenters. The predicted octanol–water partition coefficient (Wildman–Crippen LogP) is 4.60. The molecule has 19 heteroatoms. The summed E-state index contributed by atoms with van der Waals surface area (Å²) in [5.74, 6) is -0.274. The Morgan fingerprint density at radius 1 is 0.467 bits per heavy atom. The smallest absolute Gasteiger partial charge is 0.220 e. The summed E-state index contributed by atoms with van der Waals surface area (Å²) >= 11 is 0. The second kappa shape index (κ2) is 40.7. The molecule has 3 aliphatic heterocycles. The van der Waals surface area contributed by atoms with Gasteiger partial charge in [0.25, 0.3) is 0 Å². The number of carbonyl (C=O) groups excluding carboxylic acids is 1. The highest BCUT2D eigenvalue weighted by Gasteiger charge is 2.53. The van der Waals surface area contributed by atoms with Crippen molar-refractivity contribution in [2.45, 2.75) is 311 Å². The molecule has 0 aliphatic carbocycles. The number of hydrogen-bond donors (Lipinski definition) is 12. The number of aliphatic hydroxyl groups is 11. The zero-order valence-electron chi connectivity index (χ0n) is 45.8. The van der Waals surface area contributed by atoms with Crippen molar-refractivity contribution in [1.82, 2.24) is 5.32 Å². The van der Waals surface area contributed by atoms with E-state index in [1.165, 1.54) is 135 Å². The quantitative estimate of drug-likeness (QED) is 0.0293. The lowest BCUT2D eigenvalue weighted by atomic mass is 9.96. The van der Waals surface area contributed by atoms with Crippen molar-refractivity contribution in [2.24, 2.45) is 0 Å². The maximum absolute atomic E-state index is 13.3. The topological polar surface area (TPSA) is 307 Å². The lowest BCUT2D eigenvalue weighted by Gasteiger charge is -2.48. The fraction of sp³-hybridized carbons (Fsp3) is 0.946. The molecule has 0 saturated carbocycles. The predicted molar refractivity (Wildman–Crippen MR) is 282 cm³/mol. The van der Waals surface area contributed by atoms with Gasteiger partial charge in [0.1, 0.15) is 73.2 Å². The first-order valence-electron chi connectivity index (χ1n) is 29.4. The molecule has 3 saturated heterocycles. The van der Waals surface area contributed by atoms with Gasteiger partial charge in [-0.1, -0.05) is 193 Å². The van der Waals surface area contributed by atoms with Crippen LogP contribution in [0.15, 0.2) is 12.2 Å². The largest absolute Gasteiger partial charge is 0.394 e. The molecule has 0 aromatic carbocycles. The van der Waals surface area contributed by atoms with E-state index in [1.54, 1.807) is 6.08 Å². The van der Waals surface area contributed by atoms with Crippen LogP contribution in [0.3, 0.4) is 0 Å². The van der Waals surface area contributed by atoms with E-state index in [0.29, 0.717) is 6.42 Å². The van der Waals surface area contributed by atoms with Crippen molar-refractivity contribution in [2.75, 3.05) is 26.4 Å². The van der Waals surface area contributed by atoms with Gasteiger partial charge in [0.2, 0.25) is 5.91 Å². The molecule has 3 rings (SSSR count). The van der Waals surface area contributed by atoms with Crippen molar-refractivity contribution in [1.29, 1.82) is 0 Å². The summed E-state index contributed by atoms with van der Waals surface area (Å²) in [5, 5.41) is 120. The number of amides is 1. The Morgan fingerprint density at radius 2 is 0.827 bits per heavy atom. The number of rotatable bonds is 43. The lowest BCUT2D eigenvalue weighted by Crippen LogP contribution is -2.66. The van der Waals surface area contributed by atoms with Crippen LogP contribution in [-0.2, 0) is 33.2 Å².